The molecule has 2 rings (SSSR count). The number of benzene rings is 1. The highest BCUT2D eigenvalue weighted by molar-refractivity contribution is 5.81. The first-order valence-corrected chi connectivity index (χ1v) is 7.27. The van der Waals surface area contributed by atoms with Crippen LogP contribution in [0.25, 0.3) is 0 Å². The van der Waals surface area contributed by atoms with Gasteiger partial charge in [-0.3, -0.25) is 10.1 Å². The number of carbonyl (C=O) groups is 1. The summed E-state index contributed by atoms with van der Waals surface area (Å²) in [5, 5.41) is 3.32. The average molecular weight is 260 g/mol. The Kier molecular flexibility index (Phi) is 4.59. The van der Waals surface area contributed by atoms with Gasteiger partial charge in [0.15, 0.2) is 0 Å². The standard InChI is InChI=1S/C16H24N2O/c1-4-12(3)11-18-15(19)10-17-16(18)14-8-6-13(5-2)7-9-14/h6-9,12,16-17H,4-5,10-11H2,1-3H3. The van der Waals surface area contributed by atoms with Gasteiger partial charge < -0.3 is 4.90 Å². The number of hydrogen-bond acceptors (Lipinski definition) is 2. The molecular weight excluding hydrogens is 236 g/mol. The SMILES string of the molecule is CCc1ccc(C2NCC(=O)N2CC(C)CC)cc1. The quantitative estimate of drug-likeness (QED) is 0.883. The lowest BCUT2D eigenvalue weighted by Gasteiger charge is -2.27. The molecule has 0 aromatic heterocycles. The van der Waals surface area contributed by atoms with Crippen LogP contribution in [0.15, 0.2) is 24.3 Å². The van der Waals surface area contributed by atoms with Crippen LogP contribution in [0.4, 0.5) is 0 Å². The fourth-order valence-corrected chi connectivity index (χ4v) is 2.45. The van der Waals surface area contributed by atoms with Crippen molar-refractivity contribution in [2.24, 2.45) is 5.92 Å². The van der Waals surface area contributed by atoms with Crippen LogP contribution < -0.4 is 5.32 Å². The number of nitrogens with one attached hydrogen (secondary N) is 1. The molecule has 2 atom stereocenters. The van der Waals surface area contributed by atoms with Crippen LogP contribution in [0, 0.1) is 5.92 Å². The lowest BCUT2D eigenvalue weighted by Crippen LogP contribution is -2.33. The van der Waals surface area contributed by atoms with E-state index in [0.717, 1.165) is 19.4 Å². The maximum absolute atomic E-state index is 12.0. The van der Waals surface area contributed by atoms with Crippen LogP contribution in [0.3, 0.4) is 0 Å². The average Bonchev–Trinajstić information content (AvgIpc) is 2.80. The molecule has 3 heteroatoms. The summed E-state index contributed by atoms with van der Waals surface area (Å²) in [6.45, 7) is 7.81. The van der Waals surface area contributed by atoms with E-state index in [4.69, 9.17) is 0 Å². The molecule has 0 spiro atoms. The van der Waals surface area contributed by atoms with Crippen molar-refractivity contribution in [3.05, 3.63) is 35.4 Å². The summed E-state index contributed by atoms with van der Waals surface area (Å²) >= 11 is 0. The largest absolute Gasteiger partial charge is 0.322 e. The maximum atomic E-state index is 12.0. The monoisotopic (exact) mass is 260 g/mol. The van der Waals surface area contributed by atoms with Crippen molar-refractivity contribution < 1.29 is 4.79 Å². The minimum Gasteiger partial charge on any atom is -0.322 e. The molecule has 2 unspecified atom stereocenters. The summed E-state index contributed by atoms with van der Waals surface area (Å²) in [4.78, 5) is 14.0. The highest BCUT2D eigenvalue weighted by Gasteiger charge is 2.31. The molecule has 1 saturated heterocycles. The van der Waals surface area contributed by atoms with Crippen molar-refractivity contribution >= 4 is 5.91 Å². The highest BCUT2D eigenvalue weighted by Crippen LogP contribution is 2.24. The summed E-state index contributed by atoms with van der Waals surface area (Å²) in [5.74, 6) is 0.756. The van der Waals surface area contributed by atoms with Crippen LogP contribution in [0.2, 0.25) is 0 Å². The molecular formula is C16H24N2O. The fourth-order valence-electron chi connectivity index (χ4n) is 2.45. The van der Waals surface area contributed by atoms with Gasteiger partial charge in [-0.1, -0.05) is 51.5 Å². The second kappa shape index (κ2) is 6.20. The van der Waals surface area contributed by atoms with Crippen molar-refractivity contribution in [1.82, 2.24) is 10.2 Å². The van der Waals surface area contributed by atoms with Crippen LogP contribution in [0.1, 0.15) is 44.5 Å². The minimum atomic E-state index is 0.0485. The van der Waals surface area contributed by atoms with Crippen molar-refractivity contribution in [2.45, 2.75) is 39.8 Å². The van der Waals surface area contributed by atoms with E-state index in [1.165, 1.54) is 11.1 Å². The predicted molar refractivity (Wildman–Crippen MR) is 77.7 cm³/mol. The van der Waals surface area contributed by atoms with Gasteiger partial charge in [0.2, 0.25) is 5.91 Å². The Morgan fingerprint density at radius 1 is 1.32 bits per heavy atom. The third-order valence-corrected chi connectivity index (χ3v) is 3.99. The molecule has 1 fully saturated rings. The van der Waals surface area contributed by atoms with Crippen LogP contribution in [-0.2, 0) is 11.2 Å². The number of aryl methyl sites for hydroxylation is 1. The number of carbonyl (C=O) groups excluding carboxylic acids is 1. The zero-order valence-corrected chi connectivity index (χ0v) is 12.1. The number of amides is 1. The van der Waals surface area contributed by atoms with E-state index < -0.39 is 0 Å². The Morgan fingerprint density at radius 3 is 2.58 bits per heavy atom. The summed E-state index contributed by atoms with van der Waals surface area (Å²) in [6.07, 6.45) is 2.20. The van der Waals surface area contributed by atoms with Crippen LogP contribution in [-0.4, -0.2) is 23.9 Å². The minimum absolute atomic E-state index is 0.0485. The first-order chi connectivity index (χ1) is 9.15. The predicted octanol–water partition coefficient (Wildman–Crippen LogP) is 2.73. The smallest absolute Gasteiger partial charge is 0.238 e. The number of rotatable bonds is 5. The third kappa shape index (κ3) is 3.16. The van der Waals surface area contributed by atoms with Gasteiger partial charge in [-0.2, -0.15) is 0 Å². The Balaban J connectivity index is 2.14. The summed E-state index contributed by atoms with van der Waals surface area (Å²) in [5.41, 5.74) is 2.52. The Morgan fingerprint density at radius 2 is 2.00 bits per heavy atom. The maximum Gasteiger partial charge on any atom is 0.238 e. The molecule has 1 amide bonds. The van der Waals surface area contributed by atoms with E-state index in [0.29, 0.717) is 12.5 Å². The second-order valence-corrected chi connectivity index (χ2v) is 5.44. The van der Waals surface area contributed by atoms with E-state index in [2.05, 4.69) is 50.4 Å². The van der Waals surface area contributed by atoms with Crippen LogP contribution in [0.5, 0.6) is 0 Å². The Labute approximate surface area is 116 Å². The molecule has 1 aliphatic heterocycles. The molecule has 0 saturated carbocycles. The van der Waals surface area contributed by atoms with Crippen molar-refractivity contribution in [3.8, 4) is 0 Å². The first kappa shape index (κ1) is 14.1. The lowest BCUT2D eigenvalue weighted by atomic mass is 10.1. The third-order valence-electron chi connectivity index (χ3n) is 3.99. The van der Waals surface area contributed by atoms with Gasteiger partial charge in [-0.25, -0.2) is 0 Å². The molecule has 1 heterocycles. The summed E-state index contributed by atoms with van der Waals surface area (Å²) in [6, 6.07) is 8.58. The molecule has 0 bridgehead atoms. The Hall–Kier alpha value is -1.35. The van der Waals surface area contributed by atoms with E-state index in [-0.39, 0.29) is 12.1 Å². The van der Waals surface area contributed by atoms with Gasteiger partial charge in [0.05, 0.1) is 6.54 Å². The van der Waals surface area contributed by atoms with E-state index >= 15 is 0 Å². The van der Waals surface area contributed by atoms with Gasteiger partial charge in [0.25, 0.3) is 0 Å². The van der Waals surface area contributed by atoms with Gasteiger partial charge >= 0.3 is 0 Å². The highest BCUT2D eigenvalue weighted by atomic mass is 16.2. The number of nitrogens with zero attached hydrogens (tertiary/aromatic N) is 1. The summed E-state index contributed by atoms with van der Waals surface area (Å²) in [7, 11) is 0. The molecule has 0 radical (unpaired) electrons. The molecule has 1 aliphatic rings. The van der Waals surface area contributed by atoms with Gasteiger partial charge in [-0.05, 0) is 23.5 Å². The van der Waals surface area contributed by atoms with E-state index in [1.54, 1.807) is 0 Å². The molecule has 0 aliphatic carbocycles. The van der Waals surface area contributed by atoms with E-state index in [1.807, 2.05) is 4.90 Å². The zero-order chi connectivity index (χ0) is 13.8. The van der Waals surface area contributed by atoms with Crippen molar-refractivity contribution in [3.63, 3.8) is 0 Å². The van der Waals surface area contributed by atoms with Crippen LogP contribution >= 0.6 is 0 Å². The van der Waals surface area contributed by atoms with E-state index in [9.17, 15) is 4.79 Å². The van der Waals surface area contributed by atoms with Gasteiger partial charge in [-0.15, -0.1) is 0 Å². The normalized spacial score (nSPS) is 20.9. The topological polar surface area (TPSA) is 32.3 Å². The summed E-state index contributed by atoms with van der Waals surface area (Å²) < 4.78 is 0. The molecule has 1 N–H and O–H groups in total. The Bertz CT molecular complexity index is 427. The molecule has 1 aromatic carbocycles. The fraction of sp³-hybridized carbons (Fsp3) is 0.562. The molecule has 3 nitrogen and oxygen atoms in total. The van der Waals surface area contributed by atoms with Gasteiger partial charge in [0, 0.05) is 6.54 Å². The molecule has 19 heavy (non-hydrogen) atoms. The molecule has 104 valence electrons. The van der Waals surface area contributed by atoms with Gasteiger partial charge in [0.1, 0.15) is 6.17 Å². The lowest BCUT2D eigenvalue weighted by molar-refractivity contribution is -0.128. The zero-order valence-electron chi connectivity index (χ0n) is 12.1. The molecule has 1 aromatic rings. The number of hydrogen-bond donors (Lipinski definition) is 1. The second-order valence-electron chi connectivity index (χ2n) is 5.44. The first-order valence-electron chi connectivity index (χ1n) is 7.27. The van der Waals surface area contributed by atoms with Crippen molar-refractivity contribution in [2.75, 3.05) is 13.1 Å². The van der Waals surface area contributed by atoms with Crippen molar-refractivity contribution in [1.29, 1.82) is 0 Å².